The predicted molar refractivity (Wildman–Crippen MR) is 92.4 cm³/mol. The summed E-state index contributed by atoms with van der Waals surface area (Å²) in [4.78, 5) is 13.7. The van der Waals surface area contributed by atoms with Gasteiger partial charge in [-0.3, -0.25) is 0 Å². The zero-order valence-corrected chi connectivity index (χ0v) is 14.2. The lowest BCUT2D eigenvalue weighted by Crippen LogP contribution is -2.33. The van der Waals surface area contributed by atoms with Gasteiger partial charge >= 0.3 is 6.09 Å². The van der Waals surface area contributed by atoms with Gasteiger partial charge in [0.1, 0.15) is 5.60 Å². The van der Waals surface area contributed by atoms with E-state index in [0.29, 0.717) is 6.54 Å². The van der Waals surface area contributed by atoms with E-state index in [1.54, 1.807) is 11.9 Å². The van der Waals surface area contributed by atoms with Gasteiger partial charge in [-0.05, 0) is 55.0 Å². The van der Waals surface area contributed by atoms with E-state index in [2.05, 4.69) is 42.5 Å². The second kappa shape index (κ2) is 5.73. The van der Waals surface area contributed by atoms with Crippen molar-refractivity contribution in [3.63, 3.8) is 0 Å². The van der Waals surface area contributed by atoms with Crippen LogP contribution in [0.25, 0.3) is 11.1 Å². The zero-order chi connectivity index (χ0) is 16.6. The first-order valence-electron chi connectivity index (χ1n) is 7.98. The number of carbonyl (C=O) groups is 1. The lowest BCUT2D eigenvalue weighted by atomic mass is 10.0. The van der Waals surface area contributed by atoms with Gasteiger partial charge in [0.2, 0.25) is 0 Å². The van der Waals surface area contributed by atoms with E-state index in [4.69, 9.17) is 4.74 Å². The van der Waals surface area contributed by atoms with Crippen molar-refractivity contribution in [3.8, 4) is 11.1 Å². The Morgan fingerprint density at radius 3 is 2.52 bits per heavy atom. The molecule has 3 heteroatoms. The maximum Gasteiger partial charge on any atom is 0.410 e. The third-order valence-electron chi connectivity index (χ3n) is 3.98. The average molecular weight is 309 g/mol. The smallest absolute Gasteiger partial charge is 0.410 e. The Balaban J connectivity index is 1.74. The maximum atomic E-state index is 12.1. The molecule has 23 heavy (non-hydrogen) atoms. The number of hydrogen-bond acceptors (Lipinski definition) is 2. The second-order valence-electron chi connectivity index (χ2n) is 7.16. The largest absolute Gasteiger partial charge is 0.444 e. The van der Waals surface area contributed by atoms with Crippen LogP contribution < -0.4 is 0 Å². The van der Waals surface area contributed by atoms with Crippen LogP contribution in [0, 0.1) is 0 Å². The van der Waals surface area contributed by atoms with Gasteiger partial charge in [0.05, 0.1) is 0 Å². The lowest BCUT2D eigenvalue weighted by molar-refractivity contribution is 0.0285. The molecule has 2 aromatic carbocycles. The molecule has 0 saturated heterocycles. The van der Waals surface area contributed by atoms with Crippen molar-refractivity contribution in [2.24, 2.45) is 0 Å². The van der Waals surface area contributed by atoms with Crippen LogP contribution in [-0.2, 0) is 17.7 Å². The number of hydrogen-bond donors (Lipinski definition) is 0. The van der Waals surface area contributed by atoms with Crippen LogP contribution in [0.3, 0.4) is 0 Å². The minimum Gasteiger partial charge on any atom is -0.444 e. The Morgan fingerprint density at radius 1 is 1.09 bits per heavy atom. The van der Waals surface area contributed by atoms with Gasteiger partial charge in [0.15, 0.2) is 0 Å². The third-order valence-corrected chi connectivity index (χ3v) is 3.98. The molecule has 120 valence electrons. The Bertz CT molecular complexity index is 744. The molecule has 2 aromatic rings. The topological polar surface area (TPSA) is 29.5 Å². The van der Waals surface area contributed by atoms with Crippen LogP contribution in [0.15, 0.2) is 42.5 Å². The summed E-state index contributed by atoms with van der Waals surface area (Å²) < 4.78 is 5.40. The van der Waals surface area contributed by atoms with Crippen LogP contribution in [0.1, 0.15) is 37.5 Å². The van der Waals surface area contributed by atoms with Crippen molar-refractivity contribution in [2.45, 2.75) is 39.3 Å². The van der Waals surface area contributed by atoms with E-state index >= 15 is 0 Å². The molecule has 1 aliphatic carbocycles. The summed E-state index contributed by atoms with van der Waals surface area (Å²) in [5.74, 6) is 0. The Hall–Kier alpha value is -2.29. The van der Waals surface area contributed by atoms with Gasteiger partial charge < -0.3 is 9.64 Å². The third kappa shape index (κ3) is 3.39. The summed E-state index contributed by atoms with van der Waals surface area (Å²) in [5.41, 5.74) is 6.01. The normalized spacial score (nSPS) is 12.5. The van der Waals surface area contributed by atoms with Crippen LogP contribution in [0.4, 0.5) is 4.79 Å². The molecule has 0 spiro atoms. The molecule has 0 saturated carbocycles. The van der Waals surface area contributed by atoms with Gasteiger partial charge in [-0.2, -0.15) is 0 Å². The van der Waals surface area contributed by atoms with Crippen LogP contribution >= 0.6 is 0 Å². The number of ether oxygens (including phenoxy) is 1. The standard InChI is InChI=1S/C20H23NO2/c1-20(2,3)23-19(22)21(4)13-14-9-10-18-16(11-14)12-15-7-5-6-8-17(15)18/h5-11H,12-13H2,1-4H3. The Morgan fingerprint density at radius 2 is 1.78 bits per heavy atom. The summed E-state index contributed by atoms with van der Waals surface area (Å²) in [6, 6.07) is 15.0. The summed E-state index contributed by atoms with van der Waals surface area (Å²) >= 11 is 0. The summed E-state index contributed by atoms with van der Waals surface area (Å²) in [7, 11) is 1.77. The molecule has 0 aromatic heterocycles. The van der Waals surface area contributed by atoms with Crippen molar-refractivity contribution in [1.29, 1.82) is 0 Å². The molecule has 0 radical (unpaired) electrons. The van der Waals surface area contributed by atoms with Crippen molar-refractivity contribution in [2.75, 3.05) is 7.05 Å². The van der Waals surface area contributed by atoms with Gasteiger partial charge in [0, 0.05) is 13.6 Å². The molecule has 3 rings (SSSR count). The zero-order valence-electron chi connectivity index (χ0n) is 14.2. The summed E-state index contributed by atoms with van der Waals surface area (Å²) in [5, 5.41) is 0. The molecule has 0 aliphatic heterocycles. The van der Waals surface area contributed by atoms with Crippen molar-refractivity contribution in [1.82, 2.24) is 4.90 Å². The van der Waals surface area contributed by atoms with Gasteiger partial charge in [0.25, 0.3) is 0 Å². The fraction of sp³-hybridized carbons (Fsp3) is 0.350. The number of benzene rings is 2. The number of nitrogens with zero attached hydrogens (tertiary/aromatic N) is 1. The first-order valence-corrected chi connectivity index (χ1v) is 7.98. The van der Waals surface area contributed by atoms with Crippen LogP contribution in [0.5, 0.6) is 0 Å². The van der Waals surface area contributed by atoms with E-state index in [0.717, 1.165) is 12.0 Å². The highest BCUT2D eigenvalue weighted by Crippen LogP contribution is 2.36. The molecular formula is C20H23NO2. The highest BCUT2D eigenvalue weighted by atomic mass is 16.6. The fourth-order valence-electron chi connectivity index (χ4n) is 2.98. The fourth-order valence-corrected chi connectivity index (χ4v) is 2.98. The molecule has 0 unspecified atom stereocenters. The highest BCUT2D eigenvalue weighted by molar-refractivity contribution is 5.77. The predicted octanol–water partition coefficient (Wildman–Crippen LogP) is 4.62. The quantitative estimate of drug-likeness (QED) is 0.691. The van der Waals surface area contributed by atoms with Gasteiger partial charge in [-0.25, -0.2) is 4.79 Å². The van der Waals surface area contributed by atoms with E-state index in [-0.39, 0.29) is 6.09 Å². The minimum atomic E-state index is -0.467. The Labute approximate surface area is 137 Å². The van der Waals surface area contributed by atoms with E-state index in [1.165, 1.54) is 22.3 Å². The lowest BCUT2D eigenvalue weighted by Gasteiger charge is -2.24. The maximum absolute atomic E-state index is 12.1. The highest BCUT2D eigenvalue weighted by Gasteiger charge is 2.21. The molecule has 0 atom stereocenters. The van der Waals surface area contributed by atoms with E-state index in [1.807, 2.05) is 20.8 Å². The van der Waals surface area contributed by atoms with Gasteiger partial charge in [-0.15, -0.1) is 0 Å². The average Bonchev–Trinajstić information content (AvgIpc) is 2.83. The number of carbonyl (C=O) groups excluding carboxylic acids is 1. The molecule has 1 aliphatic rings. The monoisotopic (exact) mass is 309 g/mol. The van der Waals surface area contributed by atoms with Crippen LogP contribution in [-0.4, -0.2) is 23.6 Å². The first kappa shape index (κ1) is 15.6. The molecule has 3 nitrogen and oxygen atoms in total. The molecule has 0 fully saturated rings. The van der Waals surface area contributed by atoms with E-state index in [9.17, 15) is 4.79 Å². The molecular weight excluding hydrogens is 286 g/mol. The van der Waals surface area contributed by atoms with Crippen LogP contribution in [0.2, 0.25) is 0 Å². The van der Waals surface area contributed by atoms with Crippen molar-refractivity contribution in [3.05, 3.63) is 59.2 Å². The Kier molecular flexibility index (Phi) is 3.88. The minimum absolute atomic E-state index is 0.290. The SMILES string of the molecule is CN(Cc1ccc2c(c1)Cc1ccccc1-2)C(=O)OC(C)(C)C. The number of fused-ring (bicyclic) bond motifs is 3. The first-order chi connectivity index (χ1) is 10.8. The summed E-state index contributed by atoms with van der Waals surface area (Å²) in [6.07, 6.45) is 0.677. The number of amides is 1. The molecule has 1 amide bonds. The molecule has 0 heterocycles. The van der Waals surface area contributed by atoms with E-state index < -0.39 is 5.60 Å². The van der Waals surface area contributed by atoms with Crippen molar-refractivity contribution < 1.29 is 9.53 Å². The van der Waals surface area contributed by atoms with Gasteiger partial charge in [-0.1, -0.05) is 42.5 Å². The van der Waals surface area contributed by atoms with Crippen molar-refractivity contribution >= 4 is 6.09 Å². The number of rotatable bonds is 2. The molecule has 0 bridgehead atoms. The second-order valence-corrected chi connectivity index (χ2v) is 7.16. The molecule has 0 N–H and O–H groups in total. The summed E-state index contributed by atoms with van der Waals surface area (Å²) in [6.45, 7) is 6.20.